The highest BCUT2D eigenvalue weighted by atomic mass is 35.5. The lowest BCUT2D eigenvalue weighted by atomic mass is 10.1. The van der Waals surface area contributed by atoms with E-state index in [2.05, 4.69) is 10.1 Å². The largest absolute Gasteiger partial charge is 0.468 e. The molecule has 0 saturated carbocycles. The Morgan fingerprint density at radius 2 is 2.40 bits per heavy atom. The number of halogens is 1. The number of esters is 1. The van der Waals surface area contributed by atoms with Crippen molar-refractivity contribution in [1.29, 1.82) is 0 Å². The molecular weight excluding hydrogens is 238 g/mol. The summed E-state index contributed by atoms with van der Waals surface area (Å²) in [6.45, 7) is 0.133. The van der Waals surface area contributed by atoms with Gasteiger partial charge in [-0.3, -0.25) is 9.59 Å². The molecule has 4 nitrogen and oxygen atoms in total. The summed E-state index contributed by atoms with van der Waals surface area (Å²) in [5.41, 5.74) is 0. The van der Waals surface area contributed by atoms with Crippen LogP contribution in [0.25, 0.3) is 0 Å². The number of carbonyl (C=O) groups excluding carboxylic acids is 2. The van der Waals surface area contributed by atoms with Gasteiger partial charge in [0, 0.05) is 18.2 Å². The number of amides is 1. The van der Waals surface area contributed by atoms with Crippen LogP contribution in [0, 0.1) is 5.92 Å². The van der Waals surface area contributed by atoms with Crippen LogP contribution in [0.5, 0.6) is 0 Å². The Morgan fingerprint density at radius 1 is 1.67 bits per heavy atom. The van der Waals surface area contributed by atoms with Crippen molar-refractivity contribution in [2.45, 2.75) is 11.8 Å². The van der Waals surface area contributed by atoms with Gasteiger partial charge in [-0.2, -0.15) is 11.8 Å². The minimum Gasteiger partial charge on any atom is -0.468 e. The Labute approximate surface area is 98.1 Å². The van der Waals surface area contributed by atoms with Gasteiger partial charge >= 0.3 is 5.97 Å². The van der Waals surface area contributed by atoms with Crippen molar-refractivity contribution >= 4 is 35.2 Å². The highest BCUT2D eigenvalue weighted by molar-refractivity contribution is 7.99. The van der Waals surface area contributed by atoms with Crippen molar-refractivity contribution in [3.8, 4) is 0 Å². The summed E-state index contributed by atoms with van der Waals surface area (Å²) in [6, 6.07) is 0. The summed E-state index contributed by atoms with van der Waals surface area (Å²) in [6.07, 6.45) is 0.904. The lowest BCUT2D eigenvalue weighted by molar-refractivity contribution is -0.140. The molecule has 0 aromatic carbocycles. The number of thioether (sulfide) groups is 1. The first-order valence-electron chi connectivity index (χ1n) is 4.72. The highest BCUT2D eigenvalue weighted by Gasteiger charge is 2.24. The van der Waals surface area contributed by atoms with Gasteiger partial charge in [0.05, 0.1) is 7.11 Å². The van der Waals surface area contributed by atoms with E-state index in [4.69, 9.17) is 11.6 Å². The maximum absolute atomic E-state index is 11.5. The topological polar surface area (TPSA) is 55.4 Å². The lowest BCUT2D eigenvalue weighted by Gasteiger charge is -2.11. The van der Waals surface area contributed by atoms with Crippen molar-refractivity contribution in [2.24, 2.45) is 5.92 Å². The van der Waals surface area contributed by atoms with Crippen LogP contribution in [0.2, 0.25) is 0 Å². The number of hydrogen-bond acceptors (Lipinski definition) is 4. The van der Waals surface area contributed by atoms with Gasteiger partial charge in [0.25, 0.3) is 0 Å². The molecule has 0 aromatic heterocycles. The van der Waals surface area contributed by atoms with Crippen LogP contribution < -0.4 is 5.32 Å². The summed E-state index contributed by atoms with van der Waals surface area (Å²) >= 11 is 7.46. The molecule has 1 rings (SSSR count). The zero-order valence-electron chi connectivity index (χ0n) is 8.49. The average Bonchev–Trinajstić information content (AvgIpc) is 2.77. The molecule has 6 heteroatoms. The van der Waals surface area contributed by atoms with Crippen LogP contribution in [0.15, 0.2) is 0 Å². The molecule has 0 aromatic rings. The SMILES string of the molecule is COC(=O)C(Cl)CNC(=O)C1CCSC1. The third-order valence-corrected chi connectivity index (χ3v) is 3.71. The predicted molar refractivity (Wildman–Crippen MR) is 60.1 cm³/mol. The number of alkyl halides is 1. The van der Waals surface area contributed by atoms with Crippen molar-refractivity contribution < 1.29 is 14.3 Å². The summed E-state index contributed by atoms with van der Waals surface area (Å²) in [7, 11) is 1.27. The quantitative estimate of drug-likeness (QED) is 0.589. The number of rotatable bonds is 4. The van der Waals surface area contributed by atoms with Crippen LogP contribution in [-0.2, 0) is 14.3 Å². The molecule has 0 spiro atoms. The molecule has 0 bridgehead atoms. The van der Waals surface area contributed by atoms with E-state index in [1.807, 2.05) is 0 Å². The first kappa shape index (κ1) is 12.6. The normalized spacial score (nSPS) is 22.1. The maximum Gasteiger partial charge on any atom is 0.325 e. The standard InChI is InChI=1S/C9H14ClNO3S/c1-14-9(13)7(10)4-11-8(12)6-2-3-15-5-6/h6-7H,2-5H2,1H3,(H,11,12). The number of carbonyl (C=O) groups is 2. The minimum absolute atomic E-state index is 0.0189. The molecule has 2 atom stereocenters. The smallest absolute Gasteiger partial charge is 0.325 e. The number of methoxy groups -OCH3 is 1. The molecular formula is C9H14ClNO3S. The summed E-state index contributed by atoms with van der Waals surface area (Å²) in [5, 5.41) is 1.86. The van der Waals surface area contributed by atoms with Crippen molar-refractivity contribution in [2.75, 3.05) is 25.2 Å². The Kier molecular flexibility index (Phi) is 5.25. The molecule has 1 aliphatic heterocycles. The van der Waals surface area contributed by atoms with Crippen LogP contribution in [-0.4, -0.2) is 42.4 Å². The monoisotopic (exact) mass is 251 g/mol. The van der Waals surface area contributed by atoms with E-state index in [9.17, 15) is 9.59 Å². The Balaban J connectivity index is 2.24. The maximum atomic E-state index is 11.5. The van der Waals surface area contributed by atoms with E-state index in [1.54, 1.807) is 11.8 Å². The van der Waals surface area contributed by atoms with Gasteiger partial charge in [0.15, 0.2) is 0 Å². The van der Waals surface area contributed by atoms with Gasteiger partial charge in [-0.15, -0.1) is 11.6 Å². The average molecular weight is 252 g/mol. The van der Waals surface area contributed by atoms with E-state index in [1.165, 1.54) is 7.11 Å². The zero-order valence-corrected chi connectivity index (χ0v) is 10.1. The molecule has 1 amide bonds. The molecule has 1 aliphatic rings. The van der Waals surface area contributed by atoms with Crippen molar-refractivity contribution in [3.63, 3.8) is 0 Å². The van der Waals surface area contributed by atoms with E-state index < -0.39 is 11.3 Å². The van der Waals surface area contributed by atoms with Gasteiger partial charge in [-0.05, 0) is 12.2 Å². The molecule has 1 fully saturated rings. The van der Waals surface area contributed by atoms with Gasteiger partial charge in [0.1, 0.15) is 5.38 Å². The molecule has 1 saturated heterocycles. The van der Waals surface area contributed by atoms with E-state index in [0.717, 1.165) is 17.9 Å². The first-order valence-corrected chi connectivity index (χ1v) is 6.31. The van der Waals surface area contributed by atoms with Gasteiger partial charge in [-0.25, -0.2) is 0 Å². The Morgan fingerprint density at radius 3 is 2.93 bits per heavy atom. The Hall–Kier alpha value is -0.420. The van der Waals surface area contributed by atoms with Crippen LogP contribution in [0.4, 0.5) is 0 Å². The fourth-order valence-electron chi connectivity index (χ4n) is 1.29. The highest BCUT2D eigenvalue weighted by Crippen LogP contribution is 2.23. The molecule has 1 heterocycles. The predicted octanol–water partition coefficient (Wildman–Crippen LogP) is 0.636. The second-order valence-electron chi connectivity index (χ2n) is 3.30. The fraction of sp³-hybridized carbons (Fsp3) is 0.778. The van der Waals surface area contributed by atoms with Crippen molar-refractivity contribution in [3.05, 3.63) is 0 Å². The van der Waals surface area contributed by atoms with Gasteiger partial charge in [0.2, 0.25) is 5.91 Å². The molecule has 1 N–H and O–H groups in total. The van der Waals surface area contributed by atoms with Crippen LogP contribution in [0.3, 0.4) is 0 Å². The number of nitrogens with one attached hydrogen (secondary N) is 1. The molecule has 2 unspecified atom stereocenters. The van der Waals surface area contributed by atoms with Gasteiger partial charge < -0.3 is 10.1 Å². The van der Waals surface area contributed by atoms with Crippen LogP contribution in [0.1, 0.15) is 6.42 Å². The van der Waals surface area contributed by atoms with E-state index in [-0.39, 0.29) is 18.4 Å². The summed E-state index contributed by atoms with van der Waals surface area (Å²) < 4.78 is 4.44. The zero-order chi connectivity index (χ0) is 11.3. The number of hydrogen-bond donors (Lipinski definition) is 1. The first-order chi connectivity index (χ1) is 7.15. The third kappa shape index (κ3) is 3.91. The summed E-state index contributed by atoms with van der Waals surface area (Å²) in [5.74, 6) is 1.42. The molecule has 0 radical (unpaired) electrons. The second-order valence-corrected chi connectivity index (χ2v) is 4.97. The minimum atomic E-state index is -0.798. The lowest BCUT2D eigenvalue weighted by Crippen LogP contribution is -2.37. The molecule has 86 valence electrons. The Bertz CT molecular complexity index is 244. The van der Waals surface area contributed by atoms with Crippen molar-refractivity contribution in [1.82, 2.24) is 5.32 Å². The van der Waals surface area contributed by atoms with Gasteiger partial charge in [-0.1, -0.05) is 0 Å². The number of ether oxygens (including phenoxy) is 1. The molecule has 15 heavy (non-hydrogen) atoms. The van der Waals surface area contributed by atoms with E-state index in [0.29, 0.717) is 0 Å². The molecule has 0 aliphatic carbocycles. The third-order valence-electron chi connectivity index (χ3n) is 2.21. The van der Waals surface area contributed by atoms with Crippen LogP contribution >= 0.6 is 23.4 Å². The second kappa shape index (κ2) is 6.23. The van der Waals surface area contributed by atoms with E-state index >= 15 is 0 Å². The summed E-state index contributed by atoms with van der Waals surface area (Å²) in [4.78, 5) is 22.5. The fourth-order valence-corrected chi connectivity index (χ4v) is 2.67.